The molecular formula is C11H9BrN4. The minimum Gasteiger partial charge on any atom is -0.208 e. The van der Waals surface area contributed by atoms with E-state index < -0.39 is 0 Å². The van der Waals surface area contributed by atoms with Gasteiger partial charge in [0.15, 0.2) is 0 Å². The molecule has 0 fully saturated rings. The van der Waals surface area contributed by atoms with Crippen LogP contribution >= 0.6 is 15.9 Å². The summed E-state index contributed by atoms with van der Waals surface area (Å²) in [5.74, 6) is 0. The standard InChI is InChI=1S/C11H9BrN4/c12-11(6-10-4-2-1-3-5-10)7-15-16-8-13-14-9-16/h1-9H. The quantitative estimate of drug-likeness (QED) is 0.809. The minimum atomic E-state index is 0.882. The molecule has 0 spiro atoms. The Morgan fingerprint density at radius 3 is 2.56 bits per heavy atom. The Kier molecular flexibility index (Phi) is 3.61. The van der Waals surface area contributed by atoms with E-state index in [1.807, 2.05) is 36.4 Å². The lowest BCUT2D eigenvalue weighted by atomic mass is 10.2. The first-order valence-electron chi connectivity index (χ1n) is 4.66. The van der Waals surface area contributed by atoms with Crippen molar-refractivity contribution in [1.82, 2.24) is 14.9 Å². The molecule has 1 aromatic heterocycles. The van der Waals surface area contributed by atoms with E-state index in [1.54, 1.807) is 6.21 Å². The zero-order chi connectivity index (χ0) is 11.2. The third-order valence-corrected chi connectivity index (χ3v) is 2.26. The van der Waals surface area contributed by atoms with Crippen molar-refractivity contribution in [3.63, 3.8) is 0 Å². The molecule has 0 amide bonds. The Bertz CT molecular complexity index is 488. The van der Waals surface area contributed by atoms with Crippen molar-refractivity contribution in [2.75, 3.05) is 0 Å². The van der Waals surface area contributed by atoms with Gasteiger partial charge >= 0.3 is 0 Å². The fourth-order valence-corrected chi connectivity index (χ4v) is 1.48. The first-order valence-corrected chi connectivity index (χ1v) is 5.45. The second-order valence-electron chi connectivity index (χ2n) is 3.03. The zero-order valence-corrected chi connectivity index (χ0v) is 9.95. The molecule has 0 radical (unpaired) electrons. The summed E-state index contributed by atoms with van der Waals surface area (Å²) in [7, 11) is 0. The normalized spacial score (nSPS) is 12.2. The van der Waals surface area contributed by atoms with Crippen molar-refractivity contribution in [1.29, 1.82) is 0 Å². The predicted octanol–water partition coefficient (Wildman–Crippen LogP) is 2.55. The van der Waals surface area contributed by atoms with E-state index in [9.17, 15) is 0 Å². The number of benzene rings is 1. The number of hydrogen-bond acceptors (Lipinski definition) is 3. The molecule has 0 aliphatic heterocycles. The Morgan fingerprint density at radius 1 is 1.19 bits per heavy atom. The number of nitrogens with zero attached hydrogens (tertiary/aromatic N) is 4. The number of hydrogen-bond donors (Lipinski definition) is 0. The topological polar surface area (TPSA) is 43.1 Å². The van der Waals surface area contributed by atoms with E-state index >= 15 is 0 Å². The third-order valence-electron chi connectivity index (χ3n) is 1.83. The SMILES string of the molecule is BrC(C=Nn1cnnc1)=Cc1ccccc1. The Labute approximate surface area is 101 Å². The van der Waals surface area contributed by atoms with Gasteiger partial charge in [0.25, 0.3) is 0 Å². The number of aromatic nitrogens is 3. The lowest BCUT2D eigenvalue weighted by Gasteiger charge is -1.93. The first-order chi connectivity index (χ1) is 7.84. The number of halogens is 1. The summed E-state index contributed by atoms with van der Waals surface area (Å²) in [6, 6.07) is 10.0. The van der Waals surface area contributed by atoms with E-state index in [4.69, 9.17) is 0 Å². The Hall–Kier alpha value is -1.75. The maximum absolute atomic E-state index is 4.11. The summed E-state index contributed by atoms with van der Waals surface area (Å²) in [6.07, 6.45) is 6.73. The molecule has 2 aromatic rings. The molecule has 80 valence electrons. The van der Waals surface area contributed by atoms with Gasteiger partial charge in [-0.3, -0.25) is 0 Å². The van der Waals surface area contributed by atoms with Crippen molar-refractivity contribution in [2.24, 2.45) is 5.10 Å². The minimum absolute atomic E-state index is 0.882. The van der Waals surface area contributed by atoms with Crippen molar-refractivity contribution < 1.29 is 0 Å². The lowest BCUT2D eigenvalue weighted by Crippen LogP contribution is -1.84. The smallest absolute Gasteiger partial charge is 0.141 e. The molecule has 0 unspecified atom stereocenters. The first kappa shape index (κ1) is 10.8. The van der Waals surface area contributed by atoms with Gasteiger partial charge in [-0.05, 0) is 27.6 Å². The monoisotopic (exact) mass is 276 g/mol. The predicted molar refractivity (Wildman–Crippen MR) is 67.3 cm³/mol. The number of allylic oxidation sites excluding steroid dienone is 1. The van der Waals surface area contributed by atoms with Crippen LogP contribution in [0.25, 0.3) is 6.08 Å². The average molecular weight is 277 g/mol. The highest BCUT2D eigenvalue weighted by Gasteiger charge is 1.89. The van der Waals surface area contributed by atoms with Gasteiger partial charge in [-0.15, -0.1) is 10.2 Å². The van der Waals surface area contributed by atoms with Gasteiger partial charge in [0.1, 0.15) is 12.7 Å². The molecule has 1 heterocycles. The van der Waals surface area contributed by atoms with E-state index in [1.165, 1.54) is 17.3 Å². The molecule has 2 rings (SSSR count). The molecular weight excluding hydrogens is 268 g/mol. The van der Waals surface area contributed by atoms with Crippen molar-refractivity contribution >= 4 is 28.2 Å². The van der Waals surface area contributed by atoms with Crippen LogP contribution in [-0.2, 0) is 0 Å². The van der Waals surface area contributed by atoms with Gasteiger partial charge in [-0.25, -0.2) is 4.68 Å². The van der Waals surface area contributed by atoms with Crippen LogP contribution < -0.4 is 0 Å². The molecule has 4 nitrogen and oxygen atoms in total. The second-order valence-corrected chi connectivity index (χ2v) is 3.94. The molecule has 0 aliphatic carbocycles. The Morgan fingerprint density at radius 2 is 1.88 bits per heavy atom. The summed E-state index contributed by atoms with van der Waals surface area (Å²) in [4.78, 5) is 0. The van der Waals surface area contributed by atoms with Crippen LogP contribution in [0.5, 0.6) is 0 Å². The van der Waals surface area contributed by atoms with Crippen LogP contribution in [0.15, 0.2) is 52.6 Å². The van der Waals surface area contributed by atoms with E-state index in [0.717, 1.165) is 10.0 Å². The van der Waals surface area contributed by atoms with E-state index in [0.29, 0.717) is 0 Å². The van der Waals surface area contributed by atoms with Gasteiger partial charge in [0.2, 0.25) is 0 Å². The average Bonchev–Trinajstić information content (AvgIpc) is 2.81. The lowest BCUT2D eigenvalue weighted by molar-refractivity contribution is 0.879. The third kappa shape index (κ3) is 3.13. The van der Waals surface area contributed by atoms with Crippen molar-refractivity contribution in [3.8, 4) is 0 Å². The molecule has 0 atom stereocenters. The highest BCUT2D eigenvalue weighted by molar-refractivity contribution is 9.12. The van der Waals surface area contributed by atoms with Crippen molar-refractivity contribution in [3.05, 3.63) is 53.0 Å². The van der Waals surface area contributed by atoms with Crippen LogP contribution in [-0.4, -0.2) is 21.1 Å². The Balaban J connectivity index is 2.09. The van der Waals surface area contributed by atoms with E-state index in [2.05, 4.69) is 31.2 Å². The van der Waals surface area contributed by atoms with Crippen LogP contribution in [0.3, 0.4) is 0 Å². The van der Waals surface area contributed by atoms with E-state index in [-0.39, 0.29) is 0 Å². The summed E-state index contributed by atoms with van der Waals surface area (Å²) in [6.45, 7) is 0. The van der Waals surface area contributed by atoms with Gasteiger partial charge in [-0.2, -0.15) is 5.10 Å². The largest absolute Gasteiger partial charge is 0.208 e. The molecule has 0 saturated carbocycles. The molecule has 5 heteroatoms. The fraction of sp³-hybridized carbons (Fsp3) is 0. The number of rotatable bonds is 3. The van der Waals surface area contributed by atoms with Crippen molar-refractivity contribution in [2.45, 2.75) is 0 Å². The summed E-state index contributed by atoms with van der Waals surface area (Å²) < 4.78 is 2.41. The molecule has 0 bridgehead atoms. The summed E-state index contributed by atoms with van der Waals surface area (Å²) in [5, 5.41) is 11.4. The van der Waals surface area contributed by atoms with Gasteiger partial charge in [0.05, 0.1) is 6.21 Å². The molecule has 0 N–H and O–H groups in total. The van der Waals surface area contributed by atoms with Crippen LogP contribution in [0.4, 0.5) is 0 Å². The maximum atomic E-state index is 4.11. The van der Waals surface area contributed by atoms with Crippen LogP contribution in [0.1, 0.15) is 5.56 Å². The van der Waals surface area contributed by atoms with Gasteiger partial charge < -0.3 is 0 Å². The zero-order valence-electron chi connectivity index (χ0n) is 8.36. The second kappa shape index (κ2) is 5.37. The van der Waals surface area contributed by atoms with Crippen LogP contribution in [0.2, 0.25) is 0 Å². The highest BCUT2D eigenvalue weighted by Crippen LogP contribution is 2.09. The molecule has 16 heavy (non-hydrogen) atoms. The molecule has 0 aliphatic rings. The summed E-state index contributed by atoms with van der Waals surface area (Å²) >= 11 is 3.42. The van der Waals surface area contributed by atoms with Crippen LogP contribution in [0, 0.1) is 0 Å². The summed E-state index contributed by atoms with van der Waals surface area (Å²) in [5.41, 5.74) is 1.12. The van der Waals surface area contributed by atoms with Gasteiger partial charge in [-0.1, -0.05) is 30.3 Å². The molecule has 0 saturated heterocycles. The van der Waals surface area contributed by atoms with Gasteiger partial charge in [0, 0.05) is 4.48 Å². The molecule has 1 aromatic carbocycles. The highest BCUT2D eigenvalue weighted by atomic mass is 79.9. The maximum Gasteiger partial charge on any atom is 0.141 e. The fourth-order valence-electron chi connectivity index (χ4n) is 1.12.